The molecule has 0 unspecified atom stereocenters. The van der Waals surface area contributed by atoms with Crippen molar-refractivity contribution >= 4 is 17.5 Å². The highest BCUT2D eigenvalue weighted by Crippen LogP contribution is 2.31. The minimum Gasteiger partial charge on any atom is -0.459 e. The summed E-state index contributed by atoms with van der Waals surface area (Å²) in [6, 6.07) is 13.1. The highest BCUT2D eigenvalue weighted by atomic mass is 19.4. The Balaban J connectivity index is 1.65. The lowest BCUT2D eigenvalue weighted by Gasteiger charge is -2.13. The van der Waals surface area contributed by atoms with Gasteiger partial charge in [0.05, 0.1) is 11.8 Å². The highest BCUT2D eigenvalue weighted by Gasteiger charge is 2.32. The summed E-state index contributed by atoms with van der Waals surface area (Å²) in [6.45, 7) is 1.81. The average molecular weight is 416 g/mol. The Morgan fingerprint density at radius 2 is 1.77 bits per heavy atom. The number of carbonyl (C=O) groups excluding carboxylic acids is 2. The molecular weight excluding hydrogens is 397 g/mol. The Bertz CT molecular complexity index is 1040. The number of furan rings is 1. The topological polar surface area (TPSA) is 71.3 Å². The molecule has 2 amide bonds. The molecule has 0 bridgehead atoms. The molecule has 0 aliphatic carbocycles. The van der Waals surface area contributed by atoms with E-state index in [1.165, 1.54) is 36.6 Å². The Morgan fingerprint density at radius 3 is 2.47 bits per heavy atom. The normalized spacial score (nSPS) is 11.2. The molecule has 0 radical (unpaired) electrons. The van der Waals surface area contributed by atoms with E-state index >= 15 is 0 Å². The second kappa shape index (κ2) is 8.86. The number of hydrogen-bond acceptors (Lipinski definition) is 3. The molecule has 0 aliphatic heterocycles. The summed E-state index contributed by atoms with van der Waals surface area (Å²) in [6.07, 6.45) is -3.03. The van der Waals surface area contributed by atoms with Crippen molar-refractivity contribution in [3.05, 3.63) is 88.9 Å². The first-order valence-electron chi connectivity index (χ1n) is 9.14. The summed E-state index contributed by atoms with van der Waals surface area (Å²) in [4.78, 5) is 24.6. The molecule has 5 nitrogen and oxygen atoms in total. The Morgan fingerprint density at radius 1 is 1.00 bits per heavy atom. The lowest BCUT2D eigenvalue weighted by Crippen LogP contribution is -2.26. The predicted molar refractivity (Wildman–Crippen MR) is 105 cm³/mol. The lowest BCUT2D eigenvalue weighted by atomic mass is 10.0. The van der Waals surface area contributed by atoms with E-state index in [9.17, 15) is 22.8 Å². The molecule has 0 spiro atoms. The third-order valence-electron chi connectivity index (χ3n) is 4.50. The van der Waals surface area contributed by atoms with E-state index < -0.39 is 23.6 Å². The van der Waals surface area contributed by atoms with Gasteiger partial charge in [0, 0.05) is 17.8 Å². The van der Waals surface area contributed by atoms with Crippen molar-refractivity contribution in [1.29, 1.82) is 0 Å². The average Bonchev–Trinajstić information content (AvgIpc) is 3.24. The van der Waals surface area contributed by atoms with Gasteiger partial charge in [0.15, 0.2) is 5.76 Å². The van der Waals surface area contributed by atoms with Gasteiger partial charge >= 0.3 is 6.18 Å². The largest absolute Gasteiger partial charge is 0.459 e. The van der Waals surface area contributed by atoms with E-state index in [-0.39, 0.29) is 29.9 Å². The van der Waals surface area contributed by atoms with Crippen LogP contribution in [0, 0.1) is 6.92 Å². The van der Waals surface area contributed by atoms with Gasteiger partial charge in [-0.25, -0.2) is 0 Å². The number of anilines is 1. The Labute approximate surface area is 170 Å². The van der Waals surface area contributed by atoms with Crippen molar-refractivity contribution in [2.45, 2.75) is 19.5 Å². The van der Waals surface area contributed by atoms with E-state index in [4.69, 9.17) is 4.42 Å². The minimum atomic E-state index is -4.45. The SMILES string of the molecule is Cc1ccc(C(=O)NCCc2ccccc2C(F)(F)F)cc1NC(=O)c1ccco1. The van der Waals surface area contributed by atoms with Gasteiger partial charge < -0.3 is 15.1 Å². The number of rotatable bonds is 6. The number of hydrogen-bond donors (Lipinski definition) is 2. The number of aryl methyl sites for hydroxylation is 1. The zero-order valence-corrected chi connectivity index (χ0v) is 16.0. The summed E-state index contributed by atoms with van der Waals surface area (Å²) >= 11 is 0. The molecule has 30 heavy (non-hydrogen) atoms. The maximum atomic E-state index is 13.1. The Kier molecular flexibility index (Phi) is 6.25. The van der Waals surface area contributed by atoms with Crippen LogP contribution in [0.3, 0.4) is 0 Å². The summed E-state index contributed by atoms with van der Waals surface area (Å²) in [7, 11) is 0. The number of halogens is 3. The first kappa shape index (κ1) is 21.2. The predicted octanol–water partition coefficient (Wildman–Crippen LogP) is 4.83. The number of benzene rings is 2. The second-order valence-corrected chi connectivity index (χ2v) is 6.62. The van der Waals surface area contributed by atoms with Crippen molar-refractivity contribution in [3.63, 3.8) is 0 Å². The molecule has 8 heteroatoms. The van der Waals surface area contributed by atoms with Crippen LogP contribution in [0.15, 0.2) is 65.3 Å². The number of carbonyl (C=O) groups is 2. The van der Waals surface area contributed by atoms with Crippen molar-refractivity contribution < 1.29 is 27.2 Å². The summed E-state index contributed by atoms with van der Waals surface area (Å²) < 4.78 is 44.2. The van der Waals surface area contributed by atoms with Crippen molar-refractivity contribution in [3.8, 4) is 0 Å². The summed E-state index contributed by atoms with van der Waals surface area (Å²) in [5.74, 6) is -0.773. The monoisotopic (exact) mass is 416 g/mol. The molecule has 0 saturated heterocycles. The molecule has 3 rings (SSSR count). The highest BCUT2D eigenvalue weighted by molar-refractivity contribution is 6.03. The van der Waals surface area contributed by atoms with E-state index in [1.54, 1.807) is 25.1 Å². The molecule has 156 valence electrons. The zero-order chi connectivity index (χ0) is 21.7. The molecule has 0 saturated carbocycles. The lowest BCUT2D eigenvalue weighted by molar-refractivity contribution is -0.138. The van der Waals surface area contributed by atoms with E-state index in [0.717, 1.165) is 11.6 Å². The van der Waals surface area contributed by atoms with Crippen LogP contribution in [0.5, 0.6) is 0 Å². The third-order valence-corrected chi connectivity index (χ3v) is 4.50. The maximum Gasteiger partial charge on any atom is 0.416 e. The van der Waals surface area contributed by atoms with Crippen molar-refractivity contribution in [2.75, 3.05) is 11.9 Å². The standard InChI is InChI=1S/C22H19F3N2O3/c1-14-8-9-16(13-18(14)27-21(29)19-7-4-12-30-19)20(28)26-11-10-15-5-2-3-6-17(15)22(23,24)25/h2-9,12-13H,10-11H2,1H3,(H,26,28)(H,27,29). The van der Waals surface area contributed by atoms with Crippen molar-refractivity contribution in [2.24, 2.45) is 0 Å². The van der Waals surface area contributed by atoms with E-state index in [0.29, 0.717) is 5.69 Å². The fourth-order valence-corrected chi connectivity index (χ4v) is 2.92. The van der Waals surface area contributed by atoms with E-state index in [1.807, 2.05) is 0 Å². The van der Waals surface area contributed by atoms with Gasteiger partial charge in [-0.15, -0.1) is 0 Å². The van der Waals surface area contributed by atoms with Gasteiger partial charge in [-0.1, -0.05) is 24.3 Å². The summed E-state index contributed by atoms with van der Waals surface area (Å²) in [5, 5.41) is 5.29. The first-order chi connectivity index (χ1) is 14.3. The van der Waals surface area contributed by atoms with Crippen LogP contribution in [0.4, 0.5) is 18.9 Å². The maximum absolute atomic E-state index is 13.1. The molecule has 0 fully saturated rings. The zero-order valence-electron chi connectivity index (χ0n) is 16.0. The summed E-state index contributed by atoms with van der Waals surface area (Å²) in [5.41, 5.74) is 0.856. The molecule has 2 aromatic carbocycles. The van der Waals surface area contributed by atoms with Crippen molar-refractivity contribution in [1.82, 2.24) is 5.32 Å². The van der Waals surface area contributed by atoms with Crippen LogP contribution in [-0.2, 0) is 12.6 Å². The van der Waals surface area contributed by atoms with E-state index in [2.05, 4.69) is 10.6 Å². The second-order valence-electron chi connectivity index (χ2n) is 6.62. The smallest absolute Gasteiger partial charge is 0.416 e. The van der Waals surface area contributed by atoms with Gasteiger partial charge in [-0.2, -0.15) is 13.2 Å². The van der Waals surface area contributed by atoms with Gasteiger partial charge in [-0.3, -0.25) is 9.59 Å². The molecule has 0 atom stereocenters. The van der Waals surface area contributed by atoms with Crippen LogP contribution in [-0.4, -0.2) is 18.4 Å². The number of alkyl halides is 3. The van der Waals surface area contributed by atoms with Gasteiger partial charge in [0.25, 0.3) is 11.8 Å². The molecule has 1 aromatic heterocycles. The minimum absolute atomic E-state index is 0.0356. The molecular formula is C22H19F3N2O3. The van der Waals surface area contributed by atoms with Crippen LogP contribution in [0.2, 0.25) is 0 Å². The Hall–Kier alpha value is -3.55. The third kappa shape index (κ3) is 5.08. The van der Waals surface area contributed by atoms with Crippen LogP contribution >= 0.6 is 0 Å². The quantitative estimate of drug-likeness (QED) is 0.605. The van der Waals surface area contributed by atoms with Crippen LogP contribution < -0.4 is 10.6 Å². The van der Waals surface area contributed by atoms with Crippen LogP contribution in [0.1, 0.15) is 37.6 Å². The fourth-order valence-electron chi connectivity index (χ4n) is 2.92. The first-order valence-corrected chi connectivity index (χ1v) is 9.14. The van der Waals surface area contributed by atoms with Gasteiger partial charge in [-0.05, 0) is 54.8 Å². The molecule has 0 aliphatic rings. The number of amides is 2. The fraction of sp³-hybridized carbons (Fsp3) is 0.182. The van der Waals surface area contributed by atoms with Gasteiger partial charge in [0.2, 0.25) is 0 Å². The number of nitrogens with one attached hydrogen (secondary N) is 2. The molecule has 1 heterocycles. The molecule has 2 N–H and O–H groups in total. The van der Waals surface area contributed by atoms with Crippen LogP contribution in [0.25, 0.3) is 0 Å². The molecule has 3 aromatic rings. The van der Waals surface area contributed by atoms with Gasteiger partial charge in [0.1, 0.15) is 0 Å².